The largest absolute Gasteiger partial charge is 0.456 e. The lowest BCUT2D eigenvalue weighted by atomic mass is 9.97. The van der Waals surface area contributed by atoms with Crippen LogP contribution in [0.2, 0.25) is 0 Å². The van der Waals surface area contributed by atoms with Crippen molar-refractivity contribution in [1.82, 2.24) is 4.57 Å². The van der Waals surface area contributed by atoms with Crippen LogP contribution in [0.1, 0.15) is 0 Å². The molecule has 0 saturated carbocycles. The van der Waals surface area contributed by atoms with Gasteiger partial charge in [0.2, 0.25) is 0 Å². The van der Waals surface area contributed by atoms with Gasteiger partial charge in [-0.3, -0.25) is 0 Å². The van der Waals surface area contributed by atoms with Crippen molar-refractivity contribution in [2.75, 3.05) is 0 Å². The average molecular weight is 756 g/mol. The highest BCUT2D eigenvalue weighted by atomic mass is 16.3. The molecule has 0 spiro atoms. The summed E-state index contributed by atoms with van der Waals surface area (Å²) in [7, 11) is 0. The Morgan fingerprint density at radius 1 is 0.254 bits per heavy atom. The van der Waals surface area contributed by atoms with E-state index in [4.69, 9.17) is 17.7 Å². The molecule has 0 N–H and O–H groups in total. The van der Waals surface area contributed by atoms with Crippen LogP contribution in [-0.4, -0.2) is 4.57 Å². The second-order valence-electron chi connectivity index (χ2n) is 15.6. The average Bonchev–Trinajstić information content (AvgIpc) is 4.10. The first kappa shape index (κ1) is 31.1. The molecule has 5 heterocycles. The van der Waals surface area contributed by atoms with Crippen LogP contribution in [0.15, 0.2) is 194 Å². The summed E-state index contributed by atoms with van der Waals surface area (Å²) < 4.78 is 27.8. The fraction of sp³-hybridized carbons (Fsp3) is 0. The van der Waals surface area contributed by atoms with Crippen LogP contribution in [0.3, 0.4) is 0 Å². The number of benzene rings is 9. The molecule has 0 radical (unpaired) electrons. The van der Waals surface area contributed by atoms with Gasteiger partial charge in [0.05, 0.1) is 11.0 Å². The van der Waals surface area contributed by atoms with Crippen molar-refractivity contribution in [2.24, 2.45) is 0 Å². The molecule has 59 heavy (non-hydrogen) atoms. The topological polar surface area (TPSA) is 57.5 Å². The highest BCUT2D eigenvalue weighted by Crippen LogP contribution is 2.44. The Hall–Kier alpha value is -8.02. The van der Waals surface area contributed by atoms with E-state index >= 15 is 0 Å². The maximum atomic E-state index is 6.43. The van der Waals surface area contributed by atoms with Gasteiger partial charge in [0.15, 0.2) is 0 Å². The van der Waals surface area contributed by atoms with E-state index in [9.17, 15) is 0 Å². The van der Waals surface area contributed by atoms with Gasteiger partial charge >= 0.3 is 0 Å². The zero-order valence-electron chi connectivity index (χ0n) is 31.3. The van der Waals surface area contributed by atoms with Gasteiger partial charge in [0.25, 0.3) is 0 Å². The Bertz CT molecular complexity index is 3830. The molecule has 0 fully saturated rings. The fourth-order valence-electron chi connectivity index (χ4n) is 9.76. The minimum absolute atomic E-state index is 0.856. The van der Waals surface area contributed by atoms with E-state index < -0.39 is 0 Å². The minimum atomic E-state index is 0.856. The molecule has 0 amide bonds. The van der Waals surface area contributed by atoms with E-state index in [-0.39, 0.29) is 0 Å². The smallest absolute Gasteiger partial charge is 0.136 e. The number of nitrogens with zero attached hydrogens (tertiary/aromatic N) is 1. The SMILES string of the molecule is c1ccc(-n2c3ccc(-c4ccc5oc6ccc7oc8ccccc8c7c6c5c4)cc3c3cc(-c4ccc5oc6ccc7oc8ccccc8c7c6c5c4)ccc32)cc1. The predicted octanol–water partition coefficient (Wildman–Crippen LogP) is 15.7. The molecule has 0 bridgehead atoms. The molecule has 0 unspecified atom stereocenters. The third kappa shape index (κ3) is 4.28. The number of hydrogen-bond donors (Lipinski definition) is 0. The van der Waals surface area contributed by atoms with Crippen molar-refractivity contribution in [3.8, 4) is 27.9 Å². The highest BCUT2D eigenvalue weighted by Gasteiger charge is 2.20. The summed E-state index contributed by atoms with van der Waals surface area (Å²) in [4.78, 5) is 0. The predicted molar refractivity (Wildman–Crippen MR) is 241 cm³/mol. The molecule has 0 aliphatic rings. The van der Waals surface area contributed by atoms with Gasteiger partial charge in [-0.25, -0.2) is 0 Å². The van der Waals surface area contributed by atoms with Gasteiger partial charge in [0, 0.05) is 59.5 Å². The molecule has 0 aliphatic heterocycles. The van der Waals surface area contributed by atoms with Crippen molar-refractivity contribution in [3.05, 3.63) is 176 Å². The molecule has 0 saturated heterocycles. The van der Waals surface area contributed by atoms with E-state index in [1.54, 1.807) is 0 Å². The van der Waals surface area contributed by atoms with Gasteiger partial charge in [-0.1, -0.05) is 78.9 Å². The van der Waals surface area contributed by atoms with Crippen molar-refractivity contribution < 1.29 is 17.7 Å². The molecule has 14 rings (SSSR count). The van der Waals surface area contributed by atoms with Crippen LogP contribution in [0.5, 0.6) is 0 Å². The summed E-state index contributed by atoms with van der Waals surface area (Å²) >= 11 is 0. The van der Waals surface area contributed by atoms with Crippen molar-refractivity contribution in [3.63, 3.8) is 0 Å². The van der Waals surface area contributed by atoms with Crippen molar-refractivity contribution in [2.45, 2.75) is 0 Å². The zero-order chi connectivity index (χ0) is 38.3. The number of fused-ring (bicyclic) bond motifs is 17. The van der Waals surface area contributed by atoms with Gasteiger partial charge in [0.1, 0.15) is 44.7 Å². The quantitative estimate of drug-likeness (QED) is 0.180. The Labute approximate surface area is 334 Å². The summed E-state index contributed by atoms with van der Waals surface area (Å²) in [6, 6.07) is 62.0. The van der Waals surface area contributed by atoms with Crippen LogP contribution in [0.4, 0.5) is 0 Å². The molecule has 5 nitrogen and oxygen atoms in total. The summed E-state index contributed by atoms with van der Waals surface area (Å²) in [6.45, 7) is 0. The van der Waals surface area contributed by atoms with Crippen LogP contribution in [0, 0.1) is 0 Å². The lowest BCUT2D eigenvalue weighted by molar-refractivity contribution is 0.663. The first-order valence-corrected chi connectivity index (χ1v) is 19.9. The molecular formula is C54H29NO4. The van der Waals surface area contributed by atoms with Crippen LogP contribution < -0.4 is 0 Å². The number of rotatable bonds is 3. The third-order valence-electron chi connectivity index (χ3n) is 12.4. The molecule has 0 atom stereocenters. The Morgan fingerprint density at radius 3 is 1.05 bits per heavy atom. The Morgan fingerprint density at radius 2 is 0.593 bits per heavy atom. The van der Waals surface area contributed by atoms with E-state index in [0.717, 1.165) is 127 Å². The lowest BCUT2D eigenvalue weighted by Crippen LogP contribution is -1.93. The first-order valence-electron chi connectivity index (χ1n) is 19.9. The van der Waals surface area contributed by atoms with E-state index in [1.165, 1.54) is 10.8 Å². The van der Waals surface area contributed by atoms with E-state index in [1.807, 2.05) is 48.5 Å². The summed E-state index contributed by atoms with van der Waals surface area (Å²) in [6.07, 6.45) is 0. The highest BCUT2D eigenvalue weighted by molar-refractivity contribution is 6.27. The van der Waals surface area contributed by atoms with Crippen LogP contribution in [-0.2, 0) is 0 Å². The monoisotopic (exact) mass is 755 g/mol. The van der Waals surface area contributed by atoms with Crippen LogP contribution in [0.25, 0.3) is 138 Å². The maximum absolute atomic E-state index is 6.43. The zero-order valence-corrected chi connectivity index (χ0v) is 31.3. The normalized spacial score (nSPS) is 12.4. The second-order valence-corrected chi connectivity index (χ2v) is 15.6. The third-order valence-corrected chi connectivity index (χ3v) is 12.4. The van der Waals surface area contributed by atoms with Crippen molar-refractivity contribution in [1.29, 1.82) is 0 Å². The number of aromatic nitrogens is 1. The minimum Gasteiger partial charge on any atom is -0.456 e. The van der Waals surface area contributed by atoms with E-state index in [2.05, 4.69) is 132 Å². The molecule has 9 aromatic carbocycles. The molecule has 5 aromatic heterocycles. The maximum Gasteiger partial charge on any atom is 0.136 e. The number of para-hydroxylation sites is 3. The van der Waals surface area contributed by atoms with Gasteiger partial charge < -0.3 is 22.2 Å². The van der Waals surface area contributed by atoms with Crippen molar-refractivity contribution >= 4 is 110 Å². The van der Waals surface area contributed by atoms with E-state index in [0.29, 0.717) is 0 Å². The molecule has 14 aromatic rings. The standard InChI is InChI=1S/C54H29NO4/c1-2-8-34(9-3-1)55-41-18-14-30(32-16-20-45-39(28-32)53-49(58-45)24-22-47-51(53)35-10-4-6-12-43(35)56-47)26-37(41)38-27-31(15-19-42(38)55)33-17-21-46-40(29-33)54-50(59-46)25-23-48-52(54)36-11-5-7-13-44(36)57-48/h1-29H. The van der Waals surface area contributed by atoms with Gasteiger partial charge in [-0.2, -0.15) is 0 Å². The number of hydrogen-bond acceptors (Lipinski definition) is 4. The summed E-state index contributed by atoms with van der Waals surface area (Å²) in [5, 5.41) is 11.1. The Balaban J connectivity index is 0.982. The summed E-state index contributed by atoms with van der Waals surface area (Å²) in [5.74, 6) is 0. The number of furan rings is 4. The van der Waals surface area contributed by atoms with Crippen LogP contribution >= 0.6 is 0 Å². The first-order chi connectivity index (χ1) is 29.2. The fourth-order valence-corrected chi connectivity index (χ4v) is 9.76. The molecule has 5 heteroatoms. The van der Waals surface area contributed by atoms with Gasteiger partial charge in [-0.05, 0) is 119 Å². The molecule has 274 valence electrons. The Kier molecular flexibility index (Phi) is 5.96. The molecule has 0 aliphatic carbocycles. The van der Waals surface area contributed by atoms with Gasteiger partial charge in [-0.15, -0.1) is 0 Å². The summed E-state index contributed by atoms with van der Waals surface area (Å²) in [5.41, 5.74) is 14.9. The lowest BCUT2D eigenvalue weighted by Gasteiger charge is -2.08. The second kappa shape index (κ2) is 11.3. The molecular weight excluding hydrogens is 727 g/mol.